The number of carbonyl (C=O) groups excluding carboxylic acids is 2. The van der Waals surface area contributed by atoms with Crippen LogP contribution in [-0.4, -0.2) is 16.4 Å². The van der Waals surface area contributed by atoms with Crippen LogP contribution in [0.5, 0.6) is 0 Å². The largest absolute Gasteiger partial charge is 0.317 e. The standard InChI is InChI=1S/C21H17N3O2/c1-15-8-5-6-12-19(15)23-13-7-11-17(23)14-18-20(25)22-24(21(18)26)16-9-3-2-4-10-16/h2-14H,1H3,(H,22,25)/b18-14-. The van der Waals surface area contributed by atoms with Crippen molar-refractivity contribution < 1.29 is 9.59 Å². The van der Waals surface area contributed by atoms with E-state index in [-0.39, 0.29) is 11.5 Å². The maximum absolute atomic E-state index is 12.7. The van der Waals surface area contributed by atoms with Crippen LogP contribution in [0.2, 0.25) is 0 Å². The van der Waals surface area contributed by atoms with Crippen LogP contribution in [0.4, 0.5) is 5.69 Å². The van der Waals surface area contributed by atoms with Crippen molar-refractivity contribution in [3.63, 3.8) is 0 Å². The fourth-order valence-electron chi connectivity index (χ4n) is 3.03. The van der Waals surface area contributed by atoms with Gasteiger partial charge in [0.05, 0.1) is 5.69 Å². The van der Waals surface area contributed by atoms with Gasteiger partial charge >= 0.3 is 0 Å². The number of amides is 2. The Bertz CT molecular complexity index is 1020. The van der Waals surface area contributed by atoms with Gasteiger partial charge in [0, 0.05) is 17.6 Å². The zero-order valence-electron chi connectivity index (χ0n) is 14.2. The molecule has 1 aromatic heterocycles. The maximum atomic E-state index is 12.7. The molecule has 1 aliphatic rings. The van der Waals surface area contributed by atoms with Gasteiger partial charge in [0.15, 0.2) is 0 Å². The van der Waals surface area contributed by atoms with Crippen molar-refractivity contribution in [3.8, 4) is 5.69 Å². The average molecular weight is 343 g/mol. The molecule has 1 aliphatic heterocycles. The van der Waals surface area contributed by atoms with Crippen molar-refractivity contribution in [2.24, 2.45) is 0 Å². The van der Waals surface area contributed by atoms with E-state index < -0.39 is 5.91 Å². The molecule has 2 heterocycles. The van der Waals surface area contributed by atoms with Crippen LogP contribution in [-0.2, 0) is 9.59 Å². The highest BCUT2D eigenvalue weighted by atomic mass is 16.2. The molecule has 0 aliphatic carbocycles. The molecule has 2 amide bonds. The number of aromatic nitrogens is 1. The number of hydrogen-bond acceptors (Lipinski definition) is 2. The van der Waals surface area contributed by atoms with Crippen LogP contribution in [0.25, 0.3) is 11.8 Å². The zero-order chi connectivity index (χ0) is 18.1. The van der Waals surface area contributed by atoms with Gasteiger partial charge in [-0.05, 0) is 48.9 Å². The molecule has 128 valence electrons. The zero-order valence-corrected chi connectivity index (χ0v) is 14.2. The molecule has 1 saturated heterocycles. The molecule has 0 bridgehead atoms. The molecule has 5 heteroatoms. The van der Waals surface area contributed by atoms with Crippen molar-refractivity contribution in [2.45, 2.75) is 6.92 Å². The van der Waals surface area contributed by atoms with E-state index in [1.54, 1.807) is 18.2 Å². The van der Waals surface area contributed by atoms with Gasteiger partial charge in [-0.15, -0.1) is 0 Å². The summed E-state index contributed by atoms with van der Waals surface area (Å²) in [5.41, 5.74) is 6.25. The maximum Gasteiger partial charge on any atom is 0.282 e. The number of hydrogen-bond donors (Lipinski definition) is 1. The number of benzene rings is 2. The molecule has 0 unspecified atom stereocenters. The van der Waals surface area contributed by atoms with Crippen LogP contribution >= 0.6 is 0 Å². The molecule has 0 atom stereocenters. The molecule has 5 nitrogen and oxygen atoms in total. The van der Waals surface area contributed by atoms with Crippen molar-refractivity contribution in [3.05, 3.63) is 89.8 Å². The van der Waals surface area contributed by atoms with E-state index in [9.17, 15) is 9.59 Å². The minimum Gasteiger partial charge on any atom is -0.317 e. The molecule has 26 heavy (non-hydrogen) atoms. The fraction of sp³-hybridized carbons (Fsp3) is 0.0476. The van der Waals surface area contributed by atoms with Gasteiger partial charge in [-0.2, -0.15) is 0 Å². The van der Waals surface area contributed by atoms with Crippen LogP contribution < -0.4 is 10.4 Å². The Labute approximate surface area is 151 Å². The van der Waals surface area contributed by atoms with E-state index >= 15 is 0 Å². The molecule has 0 saturated carbocycles. The van der Waals surface area contributed by atoms with E-state index in [1.165, 1.54) is 5.01 Å². The van der Waals surface area contributed by atoms with Crippen molar-refractivity contribution >= 4 is 23.6 Å². The minimum absolute atomic E-state index is 0.113. The van der Waals surface area contributed by atoms with Gasteiger partial charge in [0.2, 0.25) is 0 Å². The molecule has 2 aromatic carbocycles. The SMILES string of the molecule is Cc1ccccc1-n1cccc1/C=C1/C(=O)NN(c2ccccc2)C1=O. The molecule has 4 rings (SSSR count). The summed E-state index contributed by atoms with van der Waals surface area (Å²) in [6.45, 7) is 2.02. The number of aryl methyl sites for hydroxylation is 1. The summed E-state index contributed by atoms with van der Waals surface area (Å²) in [4.78, 5) is 25.1. The monoisotopic (exact) mass is 343 g/mol. The quantitative estimate of drug-likeness (QED) is 0.586. The molecule has 1 fully saturated rings. The van der Waals surface area contributed by atoms with E-state index in [2.05, 4.69) is 5.43 Å². The number of para-hydroxylation sites is 2. The minimum atomic E-state index is -0.406. The third-order valence-electron chi connectivity index (χ3n) is 4.35. The van der Waals surface area contributed by atoms with Crippen molar-refractivity contribution in [2.75, 3.05) is 5.01 Å². The Morgan fingerprint density at radius 2 is 1.62 bits per heavy atom. The predicted octanol–water partition coefficient (Wildman–Crippen LogP) is 3.25. The number of nitrogens with zero attached hydrogens (tertiary/aromatic N) is 2. The summed E-state index contributed by atoms with van der Waals surface area (Å²) in [6, 6.07) is 20.8. The molecular weight excluding hydrogens is 326 g/mol. The third kappa shape index (κ3) is 2.69. The lowest BCUT2D eigenvalue weighted by Crippen LogP contribution is -2.35. The highest BCUT2D eigenvalue weighted by Gasteiger charge is 2.34. The molecule has 0 radical (unpaired) electrons. The number of carbonyl (C=O) groups is 2. The van der Waals surface area contributed by atoms with Crippen LogP contribution in [0, 0.1) is 6.92 Å². The smallest absolute Gasteiger partial charge is 0.282 e. The molecule has 0 spiro atoms. The van der Waals surface area contributed by atoms with Gasteiger partial charge in [-0.25, -0.2) is 5.01 Å². The highest BCUT2D eigenvalue weighted by Crippen LogP contribution is 2.23. The predicted molar refractivity (Wildman–Crippen MR) is 101 cm³/mol. The van der Waals surface area contributed by atoms with Crippen LogP contribution in [0.1, 0.15) is 11.3 Å². The van der Waals surface area contributed by atoms with Gasteiger partial charge in [0.25, 0.3) is 11.8 Å². The van der Waals surface area contributed by atoms with Gasteiger partial charge in [-0.1, -0.05) is 36.4 Å². The number of nitrogens with one attached hydrogen (secondary N) is 1. The van der Waals surface area contributed by atoms with Crippen LogP contribution in [0.15, 0.2) is 78.5 Å². The summed E-state index contributed by atoms with van der Waals surface area (Å²) in [5, 5.41) is 1.27. The van der Waals surface area contributed by atoms with Crippen LogP contribution in [0.3, 0.4) is 0 Å². The summed E-state index contributed by atoms with van der Waals surface area (Å²) in [5.74, 6) is -0.768. The second kappa shape index (κ2) is 6.37. The van der Waals surface area contributed by atoms with Gasteiger partial charge in [0.1, 0.15) is 5.57 Å². The molecule has 1 N–H and O–H groups in total. The van der Waals surface area contributed by atoms with Crippen molar-refractivity contribution in [1.29, 1.82) is 0 Å². The first kappa shape index (κ1) is 15.9. The highest BCUT2D eigenvalue weighted by molar-refractivity contribution is 6.31. The average Bonchev–Trinajstić information content (AvgIpc) is 3.23. The first-order valence-corrected chi connectivity index (χ1v) is 8.31. The first-order chi connectivity index (χ1) is 12.6. The number of rotatable bonds is 3. The number of hydrazine groups is 1. The Hall–Kier alpha value is -3.60. The lowest BCUT2D eigenvalue weighted by atomic mass is 10.1. The second-order valence-corrected chi connectivity index (χ2v) is 6.06. The molecule has 3 aromatic rings. The van der Waals surface area contributed by atoms with E-state index in [4.69, 9.17) is 0 Å². The Kier molecular flexibility index (Phi) is 3.89. The van der Waals surface area contributed by atoms with Gasteiger partial charge in [-0.3, -0.25) is 15.0 Å². The summed E-state index contributed by atoms with van der Waals surface area (Å²) < 4.78 is 1.97. The van der Waals surface area contributed by atoms with E-state index in [1.807, 2.05) is 72.3 Å². The second-order valence-electron chi connectivity index (χ2n) is 6.06. The Morgan fingerprint density at radius 3 is 2.38 bits per heavy atom. The van der Waals surface area contributed by atoms with E-state index in [0.717, 1.165) is 16.9 Å². The van der Waals surface area contributed by atoms with Gasteiger partial charge < -0.3 is 4.57 Å². The fourth-order valence-corrected chi connectivity index (χ4v) is 3.03. The van der Waals surface area contributed by atoms with E-state index in [0.29, 0.717) is 5.69 Å². The topological polar surface area (TPSA) is 54.3 Å². The van der Waals surface area contributed by atoms with Crippen molar-refractivity contribution in [1.82, 2.24) is 9.99 Å². The first-order valence-electron chi connectivity index (χ1n) is 8.31. The summed E-state index contributed by atoms with van der Waals surface area (Å²) in [7, 11) is 0. The third-order valence-corrected chi connectivity index (χ3v) is 4.35. The lowest BCUT2D eigenvalue weighted by Gasteiger charge is -2.14. The molecular formula is C21H17N3O2. The lowest BCUT2D eigenvalue weighted by molar-refractivity contribution is -0.117. The Morgan fingerprint density at radius 1 is 0.885 bits per heavy atom. The Balaban J connectivity index is 1.72. The normalized spacial score (nSPS) is 15.6. The summed E-state index contributed by atoms with van der Waals surface area (Å²) >= 11 is 0. The number of anilines is 1. The summed E-state index contributed by atoms with van der Waals surface area (Å²) in [6.07, 6.45) is 3.55.